The van der Waals surface area contributed by atoms with Gasteiger partial charge in [0.1, 0.15) is 16.4 Å². The summed E-state index contributed by atoms with van der Waals surface area (Å²) >= 11 is 13.5. The monoisotopic (exact) mass is 574 g/mol. The molecule has 2 heterocycles. The molecule has 3 aromatic rings. The second kappa shape index (κ2) is 11.6. The molecule has 2 aromatic carbocycles. The number of aliphatic hydroxyl groups is 1. The van der Waals surface area contributed by atoms with Gasteiger partial charge in [0, 0.05) is 15.6 Å². The number of aromatic nitrogens is 1. The Morgan fingerprint density at radius 3 is 2.50 bits per heavy atom. The average Bonchev–Trinajstić information content (AvgIpc) is 3.40. The highest BCUT2D eigenvalue weighted by atomic mass is 35.5. The minimum atomic E-state index is -1.13. The number of anilines is 1. The van der Waals surface area contributed by atoms with Crippen molar-refractivity contribution in [3.8, 4) is 5.75 Å². The maximum atomic E-state index is 13.4. The fourth-order valence-corrected chi connectivity index (χ4v) is 5.54. The van der Waals surface area contributed by atoms with Gasteiger partial charge in [-0.2, -0.15) is 0 Å². The van der Waals surface area contributed by atoms with Gasteiger partial charge in [0.05, 0.1) is 31.0 Å². The molecule has 1 N–H and O–H groups in total. The van der Waals surface area contributed by atoms with Crippen LogP contribution in [-0.2, 0) is 14.3 Å². The molecule has 0 saturated carbocycles. The van der Waals surface area contributed by atoms with Crippen molar-refractivity contribution < 1.29 is 29.0 Å². The van der Waals surface area contributed by atoms with Crippen LogP contribution in [0.25, 0.3) is 5.76 Å². The number of amides is 1. The van der Waals surface area contributed by atoms with Crippen molar-refractivity contribution in [2.45, 2.75) is 32.7 Å². The number of halogens is 2. The summed E-state index contributed by atoms with van der Waals surface area (Å²) in [6, 6.07) is 10.1. The number of carbonyl (C=O) groups excluding carboxylic acids is 3. The first-order chi connectivity index (χ1) is 18.2. The highest BCUT2D eigenvalue weighted by Crippen LogP contribution is 2.46. The summed E-state index contributed by atoms with van der Waals surface area (Å²) in [5.41, 5.74) is 0.819. The van der Waals surface area contributed by atoms with E-state index in [9.17, 15) is 19.5 Å². The molecule has 1 amide bonds. The number of hydrogen-bond acceptors (Lipinski definition) is 8. The van der Waals surface area contributed by atoms with Crippen molar-refractivity contribution in [3.05, 3.63) is 79.8 Å². The first-order valence-electron chi connectivity index (χ1n) is 11.7. The summed E-state index contributed by atoms with van der Waals surface area (Å²) in [6.45, 7) is 4.21. The highest BCUT2D eigenvalue weighted by Gasteiger charge is 2.49. The zero-order valence-corrected chi connectivity index (χ0v) is 23.1. The lowest BCUT2D eigenvalue weighted by atomic mass is 9.95. The molecule has 0 radical (unpaired) electrons. The summed E-state index contributed by atoms with van der Waals surface area (Å²) in [5, 5.41) is 11.9. The van der Waals surface area contributed by atoms with Crippen LogP contribution in [0, 0.1) is 6.92 Å². The van der Waals surface area contributed by atoms with Crippen LogP contribution in [0.2, 0.25) is 10.0 Å². The number of aryl methyl sites for hydroxylation is 1. The third-order valence-electron chi connectivity index (χ3n) is 5.96. The quantitative estimate of drug-likeness (QED) is 0.110. The van der Waals surface area contributed by atoms with E-state index in [0.29, 0.717) is 34.2 Å². The number of thiazole rings is 1. The smallest absolute Gasteiger partial charge is 0.350 e. The second-order valence-electron chi connectivity index (χ2n) is 8.46. The number of hydrogen-bond donors (Lipinski definition) is 1. The van der Waals surface area contributed by atoms with Gasteiger partial charge in [-0.15, -0.1) is 0 Å². The number of rotatable bonds is 8. The maximum Gasteiger partial charge on any atom is 0.350 e. The van der Waals surface area contributed by atoms with Crippen LogP contribution < -0.4 is 9.64 Å². The van der Waals surface area contributed by atoms with Crippen molar-refractivity contribution >= 4 is 63.1 Å². The van der Waals surface area contributed by atoms with Crippen LogP contribution in [0.15, 0.2) is 48.0 Å². The average molecular weight is 575 g/mol. The molecule has 1 aliphatic rings. The van der Waals surface area contributed by atoms with E-state index >= 15 is 0 Å². The lowest BCUT2D eigenvalue weighted by Crippen LogP contribution is -2.29. The second-order valence-corrected chi connectivity index (χ2v) is 10.3. The van der Waals surface area contributed by atoms with Gasteiger partial charge in [-0.3, -0.25) is 14.5 Å². The van der Waals surface area contributed by atoms with Crippen LogP contribution in [-0.4, -0.2) is 41.5 Å². The Kier molecular flexibility index (Phi) is 8.40. The van der Waals surface area contributed by atoms with E-state index in [4.69, 9.17) is 32.7 Å². The van der Waals surface area contributed by atoms with Gasteiger partial charge < -0.3 is 14.6 Å². The minimum absolute atomic E-state index is 0.0831. The van der Waals surface area contributed by atoms with Gasteiger partial charge in [-0.1, -0.05) is 53.9 Å². The summed E-state index contributed by atoms with van der Waals surface area (Å²) in [4.78, 5) is 44.6. The molecule has 1 unspecified atom stereocenters. The zero-order chi connectivity index (χ0) is 27.6. The van der Waals surface area contributed by atoms with Crippen molar-refractivity contribution in [2.75, 3.05) is 18.6 Å². The molecule has 0 aliphatic carbocycles. The standard InChI is InChI=1S/C27H24Cl2N2O6S/c1-4-5-12-37-17-9-6-15(7-10-17)22(32)20-21(18-11-8-16(28)13-19(18)29)31(25(34)23(20)33)27-30-14(2)24(38-27)26(35)36-3/h6-11,13,21,32H,4-5,12H2,1-3H3/b22-20+. The van der Waals surface area contributed by atoms with E-state index in [2.05, 4.69) is 11.9 Å². The Hall–Kier alpha value is -3.40. The molecule has 1 aromatic heterocycles. The number of esters is 1. The number of aliphatic hydroxyl groups excluding tert-OH is 1. The molecule has 4 rings (SSSR count). The van der Waals surface area contributed by atoms with Gasteiger partial charge >= 0.3 is 11.9 Å². The Morgan fingerprint density at radius 1 is 1.16 bits per heavy atom. The third-order valence-corrected chi connectivity index (χ3v) is 7.66. The van der Waals surface area contributed by atoms with Gasteiger partial charge in [-0.25, -0.2) is 9.78 Å². The first kappa shape index (κ1) is 27.6. The SMILES string of the molecule is CCCCOc1ccc(/C(O)=C2\C(=O)C(=O)N(c3nc(C)c(C(=O)OC)s3)C2c2ccc(Cl)cc2Cl)cc1. The molecule has 8 nitrogen and oxygen atoms in total. The lowest BCUT2D eigenvalue weighted by molar-refractivity contribution is -0.132. The molecular formula is C27H24Cl2N2O6S. The van der Waals surface area contributed by atoms with Crippen LogP contribution >= 0.6 is 34.5 Å². The van der Waals surface area contributed by atoms with Gasteiger partial charge in [0.25, 0.3) is 5.78 Å². The van der Waals surface area contributed by atoms with Crippen molar-refractivity contribution in [2.24, 2.45) is 0 Å². The number of ketones is 1. The Labute approximate surface area is 233 Å². The van der Waals surface area contributed by atoms with Crippen LogP contribution in [0.4, 0.5) is 5.13 Å². The van der Waals surface area contributed by atoms with E-state index in [1.54, 1.807) is 43.3 Å². The van der Waals surface area contributed by atoms with Crippen molar-refractivity contribution in [1.29, 1.82) is 0 Å². The summed E-state index contributed by atoms with van der Waals surface area (Å²) in [5.74, 6) is -2.24. The number of ether oxygens (including phenoxy) is 2. The fourth-order valence-electron chi connectivity index (χ4n) is 4.01. The number of methoxy groups -OCH3 is 1. The largest absolute Gasteiger partial charge is 0.507 e. The number of nitrogens with zero attached hydrogens (tertiary/aromatic N) is 2. The highest BCUT2D eigenvalue weighted by molar-refractivity contribution is 7.17. The molecule has 38 heavy (non-hydrogen) atoms. The van der Waals surface area contributed by atoms with Crippen LogP contribution in [0.1, 0.15) is 52.3 Å². The summed E-state index contributed by atoms with van der Waals surface area (Å²) in [7, 11) is 1.24. The number of unbranched alkanes of at least 4 members (excludes halogenated alkanes) is 1. The molecule has 1 aliphatic heterocycles. The molecule has 0 bridgehead atoms. The lowest BCUT2D eigenvalue weighted by Gasteiger charge is -2.24. The summed E-state index contributed by atoms with van der Waals surface area (Å²) in [6.07, 6.45) is 1.90. The Balaban J connectivity index is 1.85. The van der Waals surface area contributed by atoms with E-state index in [-0.39, 0.29) is 26.4 Å². The van der Waals surface area contributed by atoms with Crippen molar-refractivity contribution in [3.63, 3.8) is 0 Å². The maximum absolute atomic E-state index is 13.4. The summed E-state index contributed by atoms with van der Waals surface area (Å²) < 4.78 is 10.5. The normalized spacial score (nSPS) is 16.7. The molecule has 1 fully saturated rings. The van der Waals surface area contributed by atoms with Crippen LogP contribution in [0.3, 0.4) is 0 Å². The topological polar surface area (TPSA) is 106 Å². The predicted molar refractivity (Wildman–Crippen MR) is 146 cm³/mol. The molecule has 1 atom stereocenters. The number of benzene rings is 2. The van der Waals surface area contributed by atoms with Gasteiger partial charge in [-0.05, 0) is 55.3 Å². The van der Waals surface area contributed by atoms with E-state index in [0.717, 1.165) is 29.1 Å². The minimum Gasteiger partial charge on any atom is -0.507 e. The number of Topliss-reactive ketones (excluding diaryl/α,β-unsaturated/α-hetero) is 1. The molecule has 198 valence electrons. The number of carbonyl (C=O) groups is 3. The van der Waals surface area contributed by atoms with E-state index < -0.39 is 23.7 Å². The fraction of sp³-hybridized carbons (Fsp3) is 0.259. The molecular weight excluding hydrogens is 551 g/mol. The zero-order valence-electron chi connectivity index (χ0n) is 20.8. The Bertz CT molecular complexity index is 1430. The van der Waals surface area contributed by atoms with Gasteiger partial charge in [0.15, 0.2) is 5.13 Å². The first-order valence-corrected chi connectivity index (χ1v) is 13.3. The third kappa shape index (κ3) is 5.27. The molecule has 0 spiro atoms. The Morgan fingerprint density at radius 2 is 1.87 bits per heavy atom. The van der Waals surface area contributed by atoms with Gasteiger partial charge in [0.2, 0.25) is 0 Å². The van der Waals surface area contributed by atoms with E-state index in [1.165, 1.54) is 13.2 Å². The molecule has 1 saturated heterocycles. The molecule has 11 heteroatoms. The van der Waals surface area contributed by atoms with Crippen molar-refractivity contribution in [1.82, 2.24) is 4.98 Å². The van der Waals surface area contributed by atoms with E-state index in [1.807, 2.05) is 0 Å². The van der Waals surface area contributed by atoms with Crippen LogP contribution in [0.5, 0.6) is 5.75 Å². The predicted octanol–water partition coefficient (Wildman–Crippen LogP) is 6.35.